The minimum atomic E-state index is -0.484. The fourth-order valence-corrected chi connectivity index (χ4v) is 3.54. The van der Waals surface area contributed by atoms with Crippen LogP contribution in [0.3, 0.4) is 0 Å². The molecule has 0 aliphatic carbocycles. The van der Waals surface area contributed by atoms with Gasteiger partial charge in [0.05, 0.1) is 0 Å². The van der Waals surface area contributed by atoms with Gasteiger partial charge in [0.1, 0.15) is 11.4 Å². The number of rotatable bonds is 2. The maximum absolute atomic E-state index is 12.4. The lowest BCUT2D eigenvalue weighted by atomic mass is 10.0. The molecule has 3 rings (SSSR count). The number of aromatic nitrogens is 1. The van der Waals surface area contributed by atoms with Crippen molar-refractivity contribution in [1.29, 1.82) is 0 Å². The van der Waals surface area contributed by atoms with Crippen LogP contribution in [0.15, 0.2) is 24.4 Å². The molecular weight excluding hydrogens is 350 g/mol. The first-order chi connectivity index (χ1) is 12.2. The Morgan fingerprint density at radius 2 is 2.12 bits per heavy atom. The number of pyridine rings is 1. The minimum Gasteiger partial charge on any atom is -0.444 e. The number of carbonyl (C=O) groups is 1. The molecule has 1 saturated heterocycles. The predicted octanol–water partition coefficient (Wildman–Crippen LogP) is 5.01. The second-order valence-electron chi connectivity index (χ2n) is 7.86. The predicted molar refractivity (Wildman–Crippen MR) is 106 cm³/mol. The second-order valence-corrected chi connectivity index (χ2v) is 8.26. The number of carbonyl (C=O) groups excluding carboxylic acids is 1. The molecule has 2 aromatic rings. The molecule has 1 fully saturated rings. The molecule has 1 amide bonds. The average molecular weight is 376 g/mol. The number of likely N-dealkylation sites (tertiary alicyclic amines) is 1. The van der Waals surface area contributed by atoms with Crippen molar-refractivity contribution >= 4 is 34.3 Å². The highest BCUT2D eigenvalue weighted by Gasteiger charge is 2.28. The number of ether oxygens (including phenoxy) is 1. The van der Waals surface area contributed by atoms with Gasteiger partial charge in [0.15, 0.2) is 0 Å². The Kier molecular flexibility index (Phi) is 5.28. The van der Waals surface area contributed by atoms with E-state index in [0.29, 0.717) is 6.54 Å². The highest BCUT2D eigenvalue weighted by atomic mass is 35.5. The Morgan fingerprint density at radius 1 is 1.35 bits per heavy atom. The van der Waals surface area contributed by atoms with Crippen LogP contribution in [-0.2, 0) is 4.74 Å². The zero-order chi connectivity index (χ0) is 18.9. The normalized spacial score (nSPS) is 18.0. The van der Waals surface area contributed by atoms with Gasteiger partial charge < -0.3 is 15.0 Å². The number of amides is 1. The topological polar surface area (TPSA) is 54.5 Å². The van der Waals surface area contributed by atoms with Crippen molar-refractivity contribution in [1.82, 2.24) is 9.88 Å². The number of aryl methyl sites for hydroxylation is 1. The van der Waals surface area contributed by atoms with Gasteiger partial charge in [0.25, 0.3) is 0 Å². The van der Waals surface area contributed by atoms with E-state index in [1.54, 1.807) is 11.1 Å². The van der Waals surface area contributed by atoms with E-state index in [1.807, 2.05) is 39.0 Å². The van der Waals surface area contributed by atoms with Crippen molar-refractivity contribution in [3.8, 4) is 0 Å². The van der Waals surface area contributed by atoms with E-state index in [1.165, 1.54) is 0 Å². The molecule has 1 N–H and O–H groups in total. The van der Waals surface area contributed by atoms with E-state index in [2.05, 4.69) is 17.2 Å². The molecule has 5 nitrogen and oxygen atoms in total. The van der Waals surface area contributed by atoms with Gasteiger partial charge in [0, 0.05) is 41.1 Å². The summed E-state index contributed by atoms with van der Waals surface area (Å²) < 4.78 is 5.51. The molecule has 0 bridgehead atoms. The van der Waals surface area contributed by atoms with Crippen LogP contribution in [0, 0.1) is 6.92 Å². The van der Waals surface area contributed by atoms with E-state index in [4.69, 9.17) is 16.3 Å². The monoisotopic (exact) mass is 375 g/mol. The molecule has 6 heteroatoms. The van der Waals surface area contributed by atoms with Gasteiger partial charge in [-0.2, -0.15) is 0 Å². The third-order valence-electron chi connectivity index (χ3n) is 4.50. The lowest BCUT2D eigenvalue weighted by Crippen LogP contribution is -2.47. The highest BCUT2D eigenvalue weighted by molar-refractivity contribution is 6.36. The number of fused-ring (bicyclic) bond motifs is 1. The third kappa shape index (κ3) is 4.21. The first kappa shape index (κ1) is 18.8. The summed E-state index contributed by atoms with van der Waals surface area (Å²) in [6.07, 6.45) is 3.43. The van der Waals surface area contributed by atoms with Crippen molar-refractivity contribution in [2.24, 2.45) is 0 Å². The second kappa shape index (κ2) is 7.31. The van der Waals surface area contributed by atoms with E-state index in [0.717, 1.165) is 46.6 Å². The van der Waals surface area contributed by atoms with Crippen LogP contribution in [0.2, 0.25) is 5.02 Å². The number of hydrogen-bond acceptors (Lipinski definition) is 4. The molecular formula is C20H26ClN3O2. The lowest BCUT2D eigenvalue weighted by Gasteiger charge is -2.34. The molecule has 1 aromatic heterocycles. The molecule has 0 unspecified atom stereocenters. The fourth-order valence-electron chi connectivity index (χ4n) is 3.32. The summed E-state index contributed by atoms with van der Waals surface area (Å²) in [6.45, 7) is 9.04. The number of benzene rings is 1. The minimum absolute atomic E-state index is 0.132. The SMILES string of the molecule is Cc1ccc(Cl)c2ccnc(N[C@@H]3CCCN(C(=O)OC(C)(C)C)C3)c12. The molecule has 1 aliphatic heterocycles. The van der Waals surface area contributed by atoms with Crippen LogP contribution < -0.4 is 5.32 Å². The van der Waals surface area contributed by atoms with E-state index < -0.39 is 5.60 Å². The van der Waals surface area contributed by atoms with Gasteiger partial charge in [-0.1, -0.05) is 17.7 Å². The lowest BCUT2D eigenvalue weighted by molar-refractivity contribution is 0.0206. The van der Waals surface area contributed by atoms with Crippen molar-refractivity contribution in [2.45, 2.75) is 52.2 Å². The summed E-state index contributed by atoms with van der Waals surface area (Å²) in [5.41, 5.74) is 0.641. The first-order valence-electron chi connectivity index (χ1n) is 9.03. The van der Waals surface area contributed by atoms with Gasteiger partial charge in [-0.15, -0.1) is 0 Å². The Morgan fingerprint density at radius 3 is 2.85 bits per heavy atom. The van der Waals surface area contributed by atoms with E-state index in [9.17, 15) is 4.79 Å². The van der Waals surface area contributed by atoms with Crippen molar-refractivity contribution in [3.63, 3.8) is 0 Å². The standard InChI is InChI=1S/C20H26ClN3O2/c1-13-7-8-16(21)15-9-10-22-18(17(13)15)23-14-6-5-11-24(12-14)19(25)26-20(2,3)4/h7-10,14H,5-6,11-12H2,1-4H3,(H,22,23)/t14-/m1/s1. The molecule has 1 aromatic carbocycles. The van der Waals surface area contributed by atoms with Crippen LogP contribution in [-0.4, -0.2) is 40.7 Å². The molecule has 1 atom stereocenters. The largest absolute Gasteiger partial charge is 0.444 e. The molecule has 2 heterocycles. The number of nitrogens with zero attached hydrogens (tertiary/aromatic N) is 2. The molecule has 140 valence electrons. The average Bonchev–Trinajstić information content (AvgIpc) is 2.57. The Balaban J connectivity index is 1.78. The summed E-state index contributed by atoms with van der Waals surface area (Å²) in [5, 5.41) is 6.26. The van der Waals surface area contributed by atoms with Gasteiger partial charge in [-0.25, -0.2) is 9.78 Å². The number of halogens is 1. The number of anilines is 1. The molecule has 0 radical (unpaired) electrons. The molecule has 0 spiro atoms. The van der Waals surface area contributed by atoms with Crippen LogP contribution in [0.1, 0.15) is 39.2 Å². The van der Waals surface area contributed by atoms with Gasteiger partial charge in [0.2, 0.25) is 0 Å². The van der Waals surface area contributed by atoms with Crippen LogP contribution in [0.25, 0.3) is 10.8 Å². The summed E-state index contributed by atoms with van der Waals surface area (Å²) in [6, 6.07) is 5.98. The molecule has 0 saturated carbocycles. The van der Waals surface area contributed by atoms with Crippen molar-refractivity contribution < 1.29 is 9.53 Å². The third-order valence-corrected chi connectivity index (χ3v) is 4.83. The molecule has 1 aliphatic rings. The quantitative estimate of drug-likeness (QED) is 0.801. The van der Waals surface area contributed by atoms with Gasteiger partial charge in [-0.05, 0) is 58.2 Å². The first-order valence-corrected chi connectivity index (χ1v) is 9.41. The maximum Gasteiger partial charge on any atom is 0.410 e. The smallest absolute Gasteiger partial charge is 0.410 e. The zero-order valence-corrected chi connectivity index (χ0v) is 16.6. The number of nitrogens with one attached hydrogen (secondary N) is 1. The number of hydrogen-bond donors (Lipinski definition) is 1. The zero-order valence-electron chi connectivity index (χ0n) is 15.8. The Bertz CT molecular complexity index is 817. The van der Waals surface area contributed by atoms with E-state index >= 15 is 0 Å². The van der Waals surface area contributed by atoms with Gasteiger partial charge >= 0.3 is 6.09 Å². The summed E-state index contributed by atoms with van der Waals surface area (Å²) in [5.74, 6) is 0.818. The fraction of sp³-hybridized carbons (Fsp3) is 0.500. The van der Waals surface area contributed by atoms with Crippen LogP contribution in [0.4, 0.5) is 10.6 Å². The highest BCUT2D eigenvalue weighted by Crippen LogP contribution is 2.31. The maximum atomic E-state index is 12.4. The Hall–Kier alpha value is -2.01. The van der Waals surface area contributed by atoms with Crippen LogP contribution >= 0.6 is 11.6 Å². The Labute approximate surface area is 159 Å². The summed E-state index contributed by atoms with van der Waals surface area (Å²) in [4.78, 5) is 18.7. The van der Waals surface area contributed by atoms with Crippen LogP contribution in [0.5, 0.6) is 0 Å². The molecule has 26 heavy (non-hydrogen) atoms. The van der Waals surface area contributed by atoms with E-state index in [-0.39, 0.29) is 12.1 Å². The summed E-state index contributed by atoms with van der Waals surface area (Å²) >= 11 is 6.34. The van der Waals surface area contributed by atoms with Gasteiger partial charge in [-0.3, -0.25) is 0 Å². The van der Waals surface area contributed by atoms with Crippen molar-refractivity contribution in [3.05, 3.63) is 35.0 Å². The summed E-state index contributed by atoms with van der Waals surface area (Å²) in [7, 11) is 0. The van der Waals surface area contributed by atoms with Crippen molar-refractivity contribution in [2.75, 3.05) is 18.4 Å². The number of piperidine rings is 1.